The number of carbonyl (C=O) groups excluding carboxylic acids is 1. The maximum atomic E-state index is 12.1. The summed E-state index contributed by atoms with van der Waals surface area (Å²) in [6, 6.07) is -2.00. The van der Waals surface area contributed by atoms with E-state index in [-0.39, 0.29) is 0 Å². The number of amides is 1. The van der Waals surface area contributed by atoms with Crippen molar-refractivity contribution in [2.75, 3.05) is 0 Å². The van der Waals surface area contributed by atoms with Crippen LogP contribution in [0.4, 0.5) is 22.0 Å². The van der Waals surface area contributed by atoms with Crippen LogP contribution in [0.1, 0.15) is 6.42 Å². The van der Waals surface area contributed by atoms with Crippen LogP contribution in [0.5, 0.6) is 0 Å². The van der Waals surface area contributed by atoms with Gasteiger partial charge in [-0.25, -0.2) is 0 Å². The van der Waals surface area contributed by atoms with Gasteiger partial charge in [0.25, 0.3) is 0 Å². The second kappa shape index (κ2) is 3.44. The van der Waals surface area contributed by atoms with Gasteiger partial charge in [-0.3, -0.25) is 4.79 Å². The van der Waals surface area contributed by atoms with Crippen LogP contribution in [0.15, 0.2) is 0 Å². The van der Waals surface area contributed by atoms with E-state index < -0.39 is 30.5 Å². The van der Waals surface area contributed by atoms with Gasteiger partial charge in [0.05, 0.1) is 6.04 Å². The minimum Gasteiger partial charge on any atom is -0.368 e. The molecule has 4 N–H and O–H groups in total. The highest BCUT2D eigenvalue weighted by Gasteiger charge is 2.58. The monoisotopic (exact) mass is 206 g/mol. The van der Waals surface area contributed by atoms with E-state index in [2.05, 4.69) is 11.5 Å². The molecule has 0 heterocycles. The van der Waals surface area contributed by atoms with Crippen LogP contribution in [0, 0.1) is 0 Å². The highest BCUT2D eigenvalue weighted by Crippen LogP contribution is 2.38. The van der Waals surface area contributed by atoms with Crippen LogP contribution in [-0.4, -0.2) is 24.0 Å². The van der Waals surface area contributed by atoms with Crippen molar-refractivity contribution in [2.24, 2.45) is 11.5 Å². The zero-order chi connectivity index (χ0) is 10.9. The summed E-state index contributed by atoms with van der Waals surface area (Å²) in [6.45, 7) is 0. The number of rotatable bonds is 3. The van der Waals surface area contributed by atoms with Crippen molar-refractivity contribution in [3.63, 3.8) is 0 Å². The Hall–Kier alpha value is -0.920. The molecule has 0 aliphatic carbocycles. The molecule has 0 bridgehead atoms. The summed E-state index contributed by atoms with van der Waals surface area (Å²) < 4.78 is 58.8. The fraction of sp³-hybridized carbons (Fsp3) is 0.800. The predicted octanol–water partition coefficient (Wildman–Crippen LogP) is 0.387. The first-order valence-corrected chi connectivity index (χ1v) is 3.07. The first-order valence-electron chi connectivity index (χ1n) is 3.07. The molecular formula is C5H7F5N2O. The van der Waals surface area contributed by atoms with E-state index in [9.17, 15) is 26.7 Å². The Kier molecular flexibility index (Phi) is 3.20. The van der Waals surface area contributed by atoms with Crippen LogP contribution < -0.4 is 11.5 Å². The van der Waals surface area contributed by atoms with Gasteiger partial charge in [-0.2, -0.15) is 22.0 Å². The van der Waals surface area contributed by atoms with E-state index >= 15 is 0 Å². The Morgan fingerprint density at radius 2 is 1.62 bits per heavy atom. The lowest BCUT2D eigenvalue weighted by molar-refractivity contribution is -0.285. The molecule has 0 saturated carbocycles. The van der Waals surface area contributed by atoms with Gasteiger partial charge >= 0.3 is 12.1 Å². The zero-order valence-corrected chi connectivity index (χ0v) is 6.24. The molecule has 0 aromatic rings. The highest BCUT2D eigenvalue weighted by molar-refractivity contribution is 5.79. The molecule has 1 amide bonds. The van der Waals surface area contributed by atoms with Gasteiger partial charge in [0.1, 0.15) is 0 Å². The molecule has 0 aromatic carbocycles. The summed E-state index contributed by atoms with van der Waals surface area (Å²) in [6.07, 6.45) is -7.54. The minimum atomic E-state index is -5.71. The fourth-order valence-electron chi connectivity index (χ4n) is 0.493. The smallest absolute Gasteiger partial charge is 0.368 e. The van der Waals surface area contributed by atoms with Crippen LogP contribution >= 0.6 is 0 Å². The molecule has 0 saturated heterocycles. The number of alkyl halides is 5. The van der Waals surface area contributed by atoms with Crippen molar-refractivity contribution in [2.45, 2.75) is 24.6 Å². The van der Waals surface area contributed by atoms with Gasteiger partial charge in [-0.05, 0) is 0 Å². The van der Waals surface area contributed by atoms with E-state index in [0.29, 0.717) is 0 Å². The molecule has 3 nitrogen and oxygen atoms in total. The van der Waals surface area contributed by atoms with E-state index in [1.54, 1.807) is 0 Å². The molecule has 0 aromatic heterocycles. The van der Waals surface area contributed by atoms with Crippen molar-refractivity contribution in [1.29, 1.82) is 0 Å². The van der Waals surface area contributed by atoms with Gasteiger partial charge in [-0.1, -0.05) is 0 Å². The maximum absolute atomic E-state index is 12.1. The number of hydrogen-bond donors (Lipinski definition) is 2. The Morgan fingerprint density at radius 3 is 1.85 bits per heavy atom. The second-order valence-corrected chi connectivity index (χ2v) is 2.42. The molecule has 8 heteroatoms. The molecule has 1 atom stereocenters. The summed E-state index contributed by atoms with van der Waals surface area (Å²) in [4.78, 5) is 10.1. The first-order chi connectivity index (χ1) is 5.58. The number of carbonyl (C=O) groups is 1. The van der Waals surface area contributed by atoms with Crippen molar-refractivity contribution in [3.05, 3.63) is 0 Å². The molecule has 0 aliphatic heterocycles. The molecule has 78 valence electrons. The zero-order valence-electron chi connectivity index (χ0n) is 6.24. The van der Waals surface area contributed by atoms with E-state index in [0.717, 1.165) is 0 Å². The Balaban J connectivity index is 4.43. The second-order valence-electron chi connectivity index (χ2n) is 2.42. The van der Waals surface area contributed by atoms with Gasteiger partial charge in [0.15, 0.2) is 0 Å². The molecule has 0 fully saturated rings. The summed E-state index contributed by atoms with van der Waals surface area (Å²) in [5.41, 5.74) is 9.07. The van der Waals surface area contributed by atoms with Crippen LogP contribution in [-0.2, 0) is 4.79 Å². The number of hydrogen-bond acceptors (Lipinski definition) is 2. The predicted molar refractivity (Wildman–Crippen MR) is 32.8 cm³/mol. The molecule has 13 heavy (non-hydrogen) atoms. The Labute approximate surface area is 69.9 Å². The third-order valence-electron chi connectivity index (χ3n) is 1.26. The lowest BCUT2D eigenvalue weighted by Gasteiger charge is -2.21. The standard InChI is InChI=1S/C5H7F5N2O/c6-4(7,5(8,9)10)1-2(11)3(12)13/h2H,1,11H2,(H2,12,13). The van der Waals surface area contributed by atoms with Gasteiger partial charge < -0.3 is 11.5 Å². The van der Waals surface area contributed by atoms with Crippen molar-refractivity contribution in [1.82, 2.24) is 0 Å². The Morgan fingerprint density at radius 1 is 1.23 bits per heavy atom. The lowest BCUT2D eigenvalue weighted by Crippen LogP contribution is -2.46. The van der Waals surface area contributed by atoms with Crippen LogP contribution in [0.25, 0.3) is 0 Å². The first kappa shape index (κ1) is 12.1. The van der Waals surface area contributed by atoms with Gasteiger partial charge in [0, 0.05) is 6.42 Å². The third kappa shape index (κ3) is 3.13. The quantitative estimate of drug-likeness (QED) is 0.655. The minimum absolute atomic E-state index is 1.40. The molecule has 0 spiro atoms. The van der Waals surface area contributed by atoms with Crippen LogP contribution in [0.3, 0.4) is 0 Å². The van der Waals surface area contributed by atoms with Gasteiger partial charge in [0.2, 0.25) is 5.91 Å². The fourth-order valence-corrected chi connectivity index (χ4v) is 0.493. The summed E-state index contributed by atoms with van der Waals surface area (Å²) in [7, 11) is 0. The van der Waals surface area contributed by atoms with Crippen molar-refractivity contribution < 1.29 is 26.7 Å². The van der Waals surface area contributed by atoms with Crippen molar-refractivity contribution in [3.8, 4) is 0 Å². The summed E-state index contributed by atoms with van der Waals surface area (Å²) in [5, 5.41) is 0. The normalized spacial score (nSPS) is 15.5. The molecule has 0 rings (SSSR count). The number of primary amides is 1. The number of halogens is 5. The summed E-state index contributed by atoms with van der Waals surface area (Å²) in [5.74, 6) is -6.38. The topological polar surface area (TPSA) is 69.1 Å². The molecule has 0 radical (unpaired) electrons. The average Bonchev–Trinajstić information content (AvgIpc) is 1.83. The van der Waals surface area contributed by atoms with Gasteiger partial charge in [-0.15, -0.1) is 0 Å². The third-order valence-corrected chi connectivity index (χ3v) is 1.26. The molecule has 1 unspecified atom stereocenters. The van der Waals surface area contributed by atoms with E-state index in [1.165, 1.54) is 0 Å². The Bertz CT molecular complexity index is 202. The molecule has 0 aliphatic rings. The average molecular weight is 206 g/mol. The van der Waals surface area contributed by atoms with Crippen molar-refractivity contribution >= 4 is 5.91 Å². The highest BCUT2D eigenvalue weighted by atomic mass is 19.4. The van der Waals surface area contributed by atoms with E-state index in [4.69, 9.17) is 0 Å². The SMILES string of the molecule is NC(=O)C(N)CC(F)(F)C(F)(F)F. The van der Waals surface area contributed by atoms with E-state index in [1.807, 2.05) is 0 Å². The number of nitrogens with two attached hydrogens (primary N) is 2. The lowest BCUT2D eigenvalue weighted by atomic mass is 10.1. The maximum Gasteiger partial charge on any atom is 0.453 e. The van der Waals surface area contributed by atoms with Crippen LogP contribution in [0.2, 0.25) is 0 Å². The summed E-state index contributed by atoms with van der Waals surface area (Å²) >= 11 is 0. The molecular weight excluding hydrogens is 199 g/mol. The largest absolute Gasteiger partial charge is 0.453 e.